The van der Waals surface area contributed by atoms with Gasteiger partial charge in [-0.2, -0.15) is 0 Å². The molecule has 2 aromatic rings. The van der Waals surface area contributed by atoms with Crippen LogP contribution < -0.4 is 5.32 Å². The van der Waals surface area contributed by atoms with Crippen LogP contribution in [0.2, 0.25) is 0 Å². The molecule has 0 fully saturated rings. The first-order chi connectivity index (χ1) is 7.31. The second kappa shape index (κ2) is 4.02. The number of aryl methyl sites for hydroxylation is 1. The Morgan fingerprint density at radius 1 is 1.33 bits per heavy atom. The van der Waals surface area contributed by atoms with E-state index in [0.29, 0.717) is 6.54 Å². The van der Waals surface area contributed by atoms with Gasteiger partial charge >= 0.3 is 0 Å². The normalized spacial score (nSPS) is 9.87. The van der Waals surface area contributed by atoms with Gasteiger partial charge in [-0.1, -0.05) is 24.1 Å². The van der Waals surface area contributed by atoms with Crippen molar-refractivity contribution >= 4 is 16.6 Å². The Morgan fingerprint density at radius 2 is 2.20 bits per heavy atom. The molecule has 0 radical (unpaired) electrons. The SMILES string of the molecule is C#CCNc1cccc2ccc(C)nc12. The monoisotopic (exact) mass is 196 g/mol. The Hall–Kier alpha value is -2.01. The minimum absolute atomic E-state index is 0.523. The summed E-state index contributed by atoms with van der Waals surface area (Å²) in [6, 6.07) is 10.1. The Labute approximate surface area is 89.3 Å². The first-order valence-electron chi connectivity index (χ1n) is 4.85. The molecule has 0 amide bonds. The van der Waals surface area contributed by atoms with Crippen molar-refractivity contribution in [3.05, 3.63) is 36.0 Å². The molecule has 0 bridgehead atoms. The highest BCUT2D eigenvalue weighted by Gasteiger charge is 2.00. The lowest BCUT2D eigenvalue weighted by molar-refractivity contribution is 1.25. The van der Waals surface area contributed by atoms with Crippen molar-refractivity contribution in [3.8, 4) is 12.3 Å². The average Bonchev–Trinajstić information content (AvgIpc) is 2.26. The number of rotatable bonds is 2. The van der Waals surface area contributed by atoms with E-state index in [2.05, 4.69) is 22.3 Å². The predicted molar refractivity (Wildman–Crippen MR) is 63.8 cm³/mol. The van der Waals surface area contributed by atoms with E-state index in [1.54, 1.807) is 0 Å². The van der Waals surface area contributed by atoms with Gasteiger partial charge in [0, 0.05) is 11.1 Å². The Kier molecular flexibility index (Phi) is 2.55. The number of para-hydroxylation sites is 1. The van der Waals surface area contributed by atoms with Gasteiger partial charge in [-0.3, -0.25) is 4.98 Å². The highest BCUT2D eigenvalue weighted by Crippen LogP contribution is 2.21. The van der Waals surface area contributed by atoms with E-state index in [1.165, 1.54) is 0 Å². The number of nitrogens with one attached hydrogen (secondary N) is 1. The second-order valence-electron chi connectivity index (χ2n) is 3.39. The quantitative estimate of drug-likeness (QED) is 0.747. The fourth-order valence-electron chi connectivity index (χ4n) is 1.53. The van der Waals surface area contributed by atoms with E-state index in [-0.39, 0.29) is 0 Å². The Balaban J connectivity index is 2.54. The van der Waals surface area contributed by atoms with Crippen LogP contribution in [0.3, 0.4) is 0 Å². The fraction of sp³-hybridized carbons (Fsp3) is 0.154. The van der Waals surface area contributed by atoms with Gasteiger partial charge in [0.1, 0.15) is 0 Å². The van der Waals surface area contributed by atoms with E-state index in [4.69, 9.17) is 6.42 Å². The Bertz CT molecular complexity index is 524. The van der Waals surface area contributed by atoms with Crippen molar-refractivity contribution in [2.24, 2.45) is 0 Å². The maximum absolute atomic E-state index is 5.22. The summed E-state index contributed by atoms with van der Waals surface area (Å²) in [5, 5.41) is 4.29. The molecule has 2 rings (SSSR count). The molecule has 0 aliphatic heterocycles. The molecular weight excluding hydrogens is 184 g/mol. The van der Waals surface area contributed by atoms with E-state index < -0.39 is 0 Å². The van der Waals surface area contributed by atoms with Gasteiger partial charge in [0.25, 0.3) is 0 Å². The van der Waals surface area contributed by atoms with Gasteiger partial charge in [-0.25, -0.2) is 0 Å². The number of pyridine rings is 1. The molecule has 2 heteroatoms. The molecule has 1 aromatic carbocycles. The first-order valence-corrected chi connectivity index (χ1v) is 4.85. The van der Waals surface area contributed by atoms with E-state index in [9.17, 15) is 0 Å². The van der Waals surface area contributed by atoms with Crippen molar-refractivity contribution in [1.29, 1.82) is 0 Å². The van der Waals surface area contributed by atoms with Gasteiger partial charge in [-0.15, -0.1) is 6.42 Å². The summed E-state index contributed by atoms with van der Waals surface area (Å²) in [4.78, 5) is 4.50. The zero-order valence-electron chi connectivity index (χ0n) is 8.62. The summed E-state index contributed by atoms with van der Waals surface area (Å²) in [5.41, 5.74) is 2.99. The number of hydrogen-bond donors (Lipinski definition) is 1. The molecule has 1 aromatic heterocycles. The van der Waals surface area contributed by atoms with E-state index in [0.717, 1.165) is 22.3 Å². The number of anilines is 1. The fourth-order valence-corrected chi connectivity index (χ4v) is 1.53. The van der Waals surface area contributed by atoms with Crippen LogP contribution in [-0.4, -0.2) is 11.5 Å². The molecule has 0 spiro atoms. The minimum atomic E-state index is 0.523. The topological polar surface area (TPSA) is 24.9 Å². The van der Waals surface area contributed by atoms with Gasteiger partial charge in [0.15, 0.2) is 0 Å². The number of aromatic nitrogens is 1. The van der Waals surface area contributed by atoms with E-state index in [1.807, 2.05) is 31.2 Å². The maximum Gasteiger partial charge on any atom is 0.0936 e. The molecule has 0 unspecified atom stereocenters. The summed E-state index contributed by atoms with van der Waals surface area (Å²) >= 11 is 0. The van der Waals surface area contributed by atoms with Gasteiger partial charge in [0.2, 0.25) is 0 Å². The van der Waals surface area contributed by atoms with Gasteiger partial charge < -0.3 is 5.32 Å². The molecule has 0 atom stereocenters. The van der Waals surface area contributed by atoms with Crippen LogP contribution in [0, 0.1) is 19.3 Å². The summed E-state index contributed by atoms with van der Waals surface area (Å²) in [5.74, 6) is 2.56. The van der Waals surface area contributed by atoms with Crippen molar-refractivity contribution in [3.63, 3.8) is 0 Å². The summed E-state index contributed by atoms with van der Waals surface area (Å²) in [6.07, 6.45) is 5.22. The largest absolute Gasteiger partial charge is 0.372 e. The molecule has 0 aliphatic carbocycles. The van der Waals surface area contributed by atoms with Crippen LogP contribution >= 0.6 is 0 Å². The van der Waals surface area contributed by atoms with Crippen molar-refractivity contribution in [1.82, 2.24) is 4.98 Å². The standard InChI is InChI=1S/C13H12N2/c1-3-9-14-12-6-4-5-11-8-7-10(2)15-13(11)12/h1,4-8,14H,9H2,2H3. The molecule has 1 N–H and O–H groups in total. The number of terminal acetylenes is 1. The third kappa shape index (κ3) is 1.92. The molecule has 74 valence electrons. The number of nitrogens with zero attached hydrogens (tertiary/aromatic N) is 1. The number of benzene rings is 1. The molecule has 0 aliphatic rings. The van der Waals surface area contributed by atoms with Crippen LogP contribution in [0.15, 0.2) is 30.3 Å². The van der Waals surface area contributed by atoms with Crippen LogP contribution in [-0.2, 0) is 0 Å². The summed E-state index contributed by atoms with van der Waals surface area (Å²) in [6.45, 7) is 2.51. The molecule has 0 saturated heterocycles. The lowest BCUT2D eigenvalue weighted by atomic mass is 10.2. The number of hydrogen-bond acceptors (Lipinski definition) is 2. The van der Waals surface area contributed by atoms with Crippen molar-refractivity contribution < 1.29 is 0 Å². The van der Waals surface area contributed by atoms with Crippen LogP contribution in [0.1, 0.15) is 5.69 Å². The molecule has 15 heavy (non-hydrogen) atoms. The lowest BCUT2D eigenvalue weighted by Crippen LogP contribution is -1.99. The molecule has 2 nitrogen and oxygen atoms in total. The third-order valence-corrected chi connectivity index (χ3v) is 2.24. The zero-order valence-corrected chi connectivity index (χ0v) is 8.62. The van der Waals surface area contributed by atoms with Crippen LogP contribution in [0.25, 0.3) is 10.9 Å². The van der Waals surface area contributed by atoms with Crippen molar-refractivity contribution in [2.75, 3.05) is 11.9 Å². The zero-order chi connectivity index (χ0) is 10.7. The van der Waals surface area contributed by atoms with Gasteiger partial charge in [-0.05, 0) is 19.1 Å². The highest BCUT2D eigenvalue weighted by atomic mass is 14.9. The average molecular weight is 196 g/mol. The molecule has 1 heterocycles. The smallest absolute Gasteiger partial charge is 0.0936 e. The molecular formula is C13H12N2. The molecule has 0 saturated carbocycles. The maximum atomic E-state index is 5.22. The lowest BCUT2D eigenvalue weighted by Gasteiger charge is -2.06. The second-order valence-corrected chi connectivity index (χ2v) is 3.39. The van der Waals surface area contributed by atoms with Crippen molar-refractivity contribution in [2.45, 2.75) is 6.92 Å². The minimum Gasteiger partial charge on any atom is -0.372 e. The number of fused-ring (bicyclic) bond motifs is 1. The van der Waals surface area contributed by atoms with Gasteiger partial charge in [0.05, 0.1) is 17.7 Å². The van der Waals surface area contributed by atoms with Crippen LogP contribution in [0.5, 0.6) is 0 Å². The third-order valence-electron chi connectivity index (χ3n) is 2.24. The van der Waals surface area contributed by atoms with Crippen LogP contribution in [0.4, 0.5) is 5.69 Å². The summed E-state index contributed by atoms with van der Waals surface area (Å²) < 4.78 is 0. The van der Waals surface area contributed by atoms with E-state index >= 15 is 0 Å². The summed E-state index contributed by atoms with van der Waals surface area (Å²) in [7, 11) is 0. The Morgan fingerprint density at radius 3 is 3.00 bits per heavy atom. The predicted octanol–water partition coefficient (Wildman–Crippen LogP) is 2.59. The first kappa shape index (κ1) is 9.54. The highest BCUT2D eigenvalue weighted by molar-refractivity contribution is 5.90.